The Morgan fingerprint density at radius 2 is 2.13 bits per heavy atom. The minimum atomic E-state index is -0.306. The molecule has 2 atom stereocenters. The van der Waals surface area contributed by atoms with E-state index in [9.17, 15) is 9.59 Å². The molecule has 4 nitrogen and oxygen atoms in total. The second-order valence-corrected chi connectivity index (χ2v) is 4.88. The Morgan fingerprint density at radius 3 is 2.67 bits per heavy atom. The maximum Gasteiger partial charge on any atom is 0.232 e. The monoisotopic (exact) mass is 209 g/mol. The smallest absolute Gasteiger partial charge is 0.232 e. The first kappa shape index (κ1) is 9.25. The summed E-state index contributed by atoms with van der Waals surface area (Å²) in [6.07, 6.45) is 3.85. The molecule has 82 valence electrons. The van der Waals surface area contributed by atoms with Crippen LogP contribution in [0.5, 0.6) is 0 Å². The molecule has 3 N–H and O–H groups in total. The molecule has 2 rings (SSSR count). The van der Waals surface area contributed by atoms with Gasteiger partial charge in [-0.2, -0.15) is 0 Å². The molecule has 15 heavy (non-hydrogen) atoms. The summed E-state index contributed by atoms with van der Waals surface area (Å²) in [5.74, 6) is -0.862. The highest BCUT2D eigenvalue weighted by Gasteiger charge is 2.55. The molecule has 5 heteroatoms. The van der Waals surface area contributed by atoms with E-state index in [4.69, 9.17) is 1.41 Å². The van der Waals surface area contributed by atoms with Crippen molar-refractivity contribution >= 4 is 19.2 Å². The fourth-order valence-corrected chi connectivity index (χ4v) is 2.74. The van der Waals surface area contributed by atoms with Crippen molar-refractivity contribution in [1.29, 1.82) is 0 Å². The van der Waals surface area contributed by atoms with Gasteiger partial charge in [0, 0.05) is 11.8 Å². The van der Waals surface area contributed by atoms with Crippen molar-refractivity contribution in [3.63, 3.8) is 0 Å². The van der Waals surface area contributed by atoms with Crippen LogP contribution in [0, 0.1) is 17.3 Å². The van der Waals surface area contributed by atoms with Gasteiger partial charge in [-0.05, 0) is 31.1 Å². The Labute approximate surface area is 91.7 Å². The van der Waals surface area contributed by atoms with Crippen molar-refractivity contribution in [2.75, 3.05) is 0 Å². The average molecular weight is 209 g/mol. The molecule has 0 heterocycles. The summed E-state index contributed by atoms with van der Waals surface area (Å²) in [7, 11) is 0.595. The van der Waals surface area contributed by atoms with Crippen molar-refractivity contribution in [3.8, 4) is 0 Å². The zero-order valence-electron chi connectivity index (χ0n) is 10.0. The van der Waals surface area contributed by atoms with Gasteiger partial charge < -0.3 is 11.0 Å². The van der Waals surface area contributed by atoms with Gasteiger partial charge in [-0.15, -0.1) is 0 Å². The molecule has 0 aromatic rings. The summed E-state index contributed by atoms with van der Waals surface area (Å²) in [4.78, 5) is 23.4. The molecule has 2 aliphatic carbocycles. The van der Waals surface area contributed by atoms with Gasteiger partial charge in [-0.25, -0.2) is 0 Å². The topological polar surface area (TPSA) is 72.2 Å². The minimum absolute atomic E-state index is 0.0279. The summed E-state index contributed by atoms with van der Waals surface area (Å²) in [5, 5.41) is 2.78. The first-order chi connectivity index (χ1) is 7.62. The lowest BCUT2D eigenvalue weighted by Gasteiger charge is -2.15. The SMILES string of the molecule is [2H]NC(=O)[C@H]1CC2(CC2)C[C@@H]1C(=O)NBC. The highest BCUT2D eigenvalue weighted by atomic mass is 16.2. The van der Waals surface area contributed by atoms with Crippen molar-refractivity contribution in [2.45, 2.75) is 32.5 Å². The molecule has 0 bridgehead atoms. The van der Waals surface area contributed by atoms with Gasteiger partial charge in [0.25, 0.3) is 0 Å². The van der Waals surface area contributed by atoms with E-state index in [0.717, 1.165) is 25.7 Å². The Bertz CT molecular complexity index is 320. The van der Waals surface area contributed by atoms with E-state index in [-0.39, 0.29) is 29.1 Å². The van der Waals surface area contributed by atoms with Gasteiger partial charge in [0.05, 0.1) is 0 Å². The first-order valence-electron chi connectivity index (χ1n) is 6.11. The molecule has 1 spiro atoms. The normalized spacial score (nSPS) is 31.9. The summed E-state index contributed by atoms with van der Waals surface area (Å²) in [6, 6.07) is 0. The number of nitrogens with two attached hydrogens (primary N) is 1. The number of hydrogen-bond acceptors (Lipinski definition) is 2. The average Bonchev–Trinajstić information content (AvgIpc) is 2.89. The molecule has 2 saturated carbocycles. The molecule has 0 aromatic carbocycles. The Morgan fingerprint density at radius 1 is 1.47 bits per heavy atom. The Kier molecular flexibility index (Phi) is 2.18. The maximum absolute atomic E-state index is 11.8. The van der Waals surface area contributed by atoms with Gasteiger partial charge in [0.15, 0.2) is 1.41 Å². The van der Waals surface area contributed by atoms with E-state index < -0.39 is 0 Å². The largest absolute Gasteiger partial charge is 0.403 e. The third-order valence-electron chi connectivity index (χ3n) is 3.77. The maximum atomic E-state index is 11.8. The molecule has 2 fully saturated rings. The van der Waals surface area contributed by atoms with E-state index in [1.807, 2.05) is 12.5 Å². The van der Waals surface area contributed by atoms with Crippen LogP contribution >= 0.6 is 0 Å². The van der Waals surface area contributed by atoms with Crippen LogP contribution in [-0.4, -0.2) is 19.2 Å². The molecule has 2 aliphatic rings. The fourth-order valence-electron chi connectivity index (χ4n) is 2.74. The summed E-state index contributed by atoms with van der Waals surface area (Å²) in [5.41, 5.74) is 2.17. The molecule has 0 aromatic heterocycles. The number of nitrogens with one attached hydrogen (secondary N) is 1. The van der Waals surface area contributed by atoms with Crippen molar-refractivity contribution < 1.29 is 11.0 Å². The Balaban J connectivity index is 2.08. The second kappa shape index (κ2) is 3.54. The van der Waals surface area contributed by atoms with Crippen LogP contribution in [0.4, 0.5) is 0 Å². The quantitative estimate of drug-likeness (QED) is 0.631. The zero-order valence-corrected chi connectivity index (χ0v) is 9.01. The van der Waals surface area contributed by atoms with Crippen LogP contribution in [0.2, 0.25) is 8.23 Å². The van der Waals surface area contributed by atoms with Gasteiger partial charge in [-0.1, -0.05) is 6.82 Å². The molecule has 0 unspecified atom stereocenters. The van der Waals surface area contributed by atoms with Crippen LogP contribution < -0.4 is 11.0 Å². The Hall–Kier alpha value is -0.995. The first-order valence-corrected chi connectivity index (χ1v) is 5.61. The van der Waals surface area contributed by atoms with Crippen LogP contribution in [0.1, 0.15) is 25.7 Å². The molecular formula is C10H17BN2O2. The second-order valence-electron chi connectivity index (χ2n) is 4.88. The van der Waals surface area contributed by atoms with E-state index in [2.05, 4.69) is 5.23 Å². The minimum Gasteiger partial charge on any atom is -0.403 e. The van der Waals surface area contributed by atoms with E-state index in [0.29, 0.717) is 7.41 Å². The molecule has 0 radical (unpaired) electrons. The molecule has 2 amide bonds. The van der Waals surface area contributed by atoms with Crippen LogP contribution in [0.3, 0.4) is 0 Å². The number of primary amides is 1. The van der Waals surface area contributed by atoms with Crippen molar-refractivity contribution in [1.82, 2.24) is 5.23 Å². The summed E-state index contributed by atoms with van der Waals surface area (Å²) >= 11 is 0. The third-order valence-corrected chi connectivity index (χ3v) is 3.77. The van der Waals surface area contributed by atoms with Crippen LogP contribution in [0.25, 0.3) is 0 Å². The number of amides is 2. The standard InChI is InChI=1S/C10H17BN2O2/c1-11-13-9(15)7-5-10(2-3-10)4-6(7)8(12)14/h6-7,11H,2-5H2,1H3,(H2,12,14)(H,13,15)/t6-,7-/m0/s1/i/hD. The summed E-state index contributed by atoms with van der Waals surface area (Å²) < 4.78 is 6.92. The molecule has 0 aliphatic heterocycles. The number of carbonyl (C=O) groups is 2. The number of hydrogen-bond donors (Lipinski definition) is 2. The van der Waals surface area contributed by atoms with E-state index in [1.54, 1.807) is 0 Å². The number of carbonyl (C=O) groups excluding carboxylic acids is 2. The lowest BCUT2D eigenvalue weighted by Crippen LogP contribution is -2.38. The molecular weight excluding hydrogens is 191 g/mol. The van der Waals surface area contributed by atoms with Gasteiger partial charge in [-0.3, -0.25) is 9.59 Å². The highest BCUT2D eigenvalue weighted by Crippen LogP contribution is 2.61. The van der Waals surface area contributed by atoms with Crippen molar-refractivity contribution in [3.05, 3.63) is 0 Å². The zero-order chi connectivity index (χ0) is 11.8. The van der Waals surface area contributed by atoms with E-state index in [1.165, 1.54) is 0 Å². The number of rotatable bonds is 3. The fraction of sp³-hybridized carbons (Fsp3) is 0.800. The van der Waals surface area contributed by atoms with Crippen LogP contribution in [-0.2, 0) is 9.59 Å². The van der Waals surface area contributed by atoms with Gasteiger partial charge >= 0.3 is 0 Å². The summed E-state index contributed by atoms with van der Waals surface area (Å²) in [6.45, 7) is 1.87. The van der Waals surface area contributed by atoms with Crippen LogP contribution in [0.15, 0.2) is 0 Å². The third kappa shape index (κ3) is 1.87. The predicted octanol–water partition coefficient (Wildman–Crippen LogP) is -0.206. The van der Waals surface area contributed by atoms with Gasteiger partial charge in [0.2, 0.25) is 19.2 Å². The van der Waals surface area contributed by atoms with Gasteiger partial charge in [0.1, 0.15) is 0 Å². The predicted molar refractivity (Wildman–Crippen MR) is 58.2 cm³/mol. The van der Waals surface area contributed by atoms with E-state index >= 15 is 0 Å². The highest BCUT2D eigenvalue weighted by molar-refractivity contribution is 6.35. The lowest BCUT2D eigenvalue weighted by molar-refractivity contribution is -0.131. The molecule has 0 saturated heterocycles. The lowest BCUT2D eigenvalue weighted by atomic mass is 9.91. The van der Waals surface area contributed by atoms with Crippen molar-refractivity contribution in [2.24, 2.45) is 23.0 Å².